The Morgan fingerprint density at radius 3 is 1.73 bits per heavy atom. The minimum atomic E-state index is -0.412. The standard InChI is InChI=1S/C27H50N2O/c1-4-5-6-7-8-9-10-11-12-13-14-15-16-17-18-19-20-21-22-23-27-28-26(25(2)30)24-29(27)3/h13-14,24-25,30H,4-12,15-23H2,1-3H3/p+1. The number of aryl methyl sites for hydroxylation is 2. The van der Waals surface area contributed by atoms with Gasteiger partial charge >= 0.3 is 0 Å². The lowest BCUT2D eigenvalue weighted by atomic mass is 10.1. The van der Waals surface area contributed by atoms with Gasteiger partial charge in [-0.25, -0.2) is 9.55 Å². The molecule has 3 nitrogen and oxygen atoms in total. The lowest BCUT2D eigenvalue weighted by molar-refractivity contribution is -0.678. The van der Waals surface area contributed by atoms with Gasteiger partial charge in [-0.2, -0.15) is 0 Å². The number of hydrogen-bond acceptors (Lipinski definition) is 1. The quantitative estimate of drug-likeness (QED) is 0.127. The topological polar surface area (TPSA) is 39.9 Å². The monoisotopic (exact) mass is 419 g/mol. The van der Waals surface area contributed by atoms with E-state index >= 15 is 0 Å². The van der Waals surface area contributed by atoms with Gasteiger partial charge in [0, 0.05) is 6.42 Å². The fourth-order valence-corrected chi connectivity index (χ4v) is 4.10. The third-order valence-corrected chi connectivity index (χ3v) is 6.17. The van der Waals surface area contributed by atoms with E-state index < -0.39 is 6.10 Å². The predicted octanol–water partition coefficient (Wildman–Crippen LogP) is 7.64. The number of aromatic nitrogens is 2. The minimum Gasteiger partial charge on any atom is -0.385 e. The van der Waals surface area contributed by atoms with Crippen LogP contribution in [0.1, 0.15) is 141 Å². The molecule has 0 aliphatic carbocycles. The zero-order chi connectivity index (χ0) is 21.9. The summed E-state index contributed by atoms with van der Waals surface area (Å²) in [7, 11) is 2.06. The van der Waals surface area contributed by atoms with Crippen molar-refractivity contribution < 1.29 is 9.67 Å². The van der Waals surface area contributed by atoms with Crippen molar-refractivity contribution in [3.8, 4) is 0 Å². The average Bonchev–Trinajstić information content (AvgIpc) is 3.10. The van der Waals surface area contributed by atoms with Crippen molar-refractivity contribution >= 4 is 0 Å². The molecule has 0 aliphatic rings. The van der Waals surface area contributed by atoms with Crippen molar-refractivity contribution in [2.75, 3.05) is 0 Å². The van der Waals surface area contributed by atoms with E-state index in [-0.39, 0.29) is 0 Å². The molecule has 1 unspecified atom stereocenters. The molecule has 0 radical (unpaired) electrons. The molecule has 0 fully saturated rings. The third-order valence-electron chi connectivity index (χ3n) is 6.17. The van der Waals surface area contributed by atoms with Gasteiger partial charge in [0.2, 0.25) is 0 Å². The van der Waals surface area contributed by atoms with Gasteiger partial charge in [-0.05, 0) is 39.0 Å². The highest BCUT2D eigenvalue weighted by Gasteiger charge is 2.15. The summed E-state index contributed by atoms with van der Waals surface area (Å²) < 4.78 is 2.12. The average molecular weight is 420 g/mol. The summed E-state index contributed by atoms with van der Waals surface area (Å²) in [5.41, 5.74) is 0.916. The molecule has 0 amide bonds. The highest BCUT2D eigenvalue weighted by molar-refractivity contribution is 4.97. The van der Waals surface area contributed by atoms with E-state index in [4.69, 9.17) is 0 Å². The second-order valence-corrected chi connectivity index (χ2v) is 9.19. The summed E-state index contributed by atoms with van der Waals surface area (Å²) in [6, 6.07) is 0. The van der Waals surface area contributed by atoms with Crippen molar-refractivity contribution in [2.24, 2.45) is 7.05 Å². The molecule has 0 saturated carbocycles. The molecule has 0 bridgehead atoms. The van der Waals surface area contributed by atoms with Gasteiger partial charge in [0.25, 0.3) is 5.82 Å². The lowest BCUT2D eigenvalue weighted by Gasteiger charge is -2.01. The molecule has 174 valence electrons. The van der Waals surface area contributed by atoms with Crippen LogP contribution >= 0.6 is 0 Å². The number of aliphatic hydroxyl groups is 1. The maximum atomic E-state index is 9.65. The van der Waals surface area contributed by atoms with Gasteiger partial charge < -0.3 is 5.11 Å². The molecule has 0 spiro atoms. The van der Waals surface area contributed by atoms with Gasteiger partial charge in [0.1, 0.15) is 12.3 Å². The maximum Gasteiger partial charge on any atom is 0.254 e. The van der Waals surface area contributed by atoms with Crippen molar-refractivity contribution in [1.29, 1.82) is 0 Å². The summed E-state index contributed by atoms with van der Waals surface area (Å²) in [6.07, 6.45) is 30.8. The van der Waals surface area contributed by atoms with Crippen molar-refractivity contribution in [2.45, 2.75) is 136 Å². The van der Waals surface area contributed by atoms with Crippen molar-refractivity contribution in [1.82, 2.24) is 4.98 Å². The summed E-state index contributed by atoms with van der Waals surface area (Å²) >= 11 is 0. The highest BCUT2D eigenvalue weighted by Crippen LogP contribution is 2.13. The molecule has 0 aliphatic heterocycles. The number of aromatic amines is 1. The van der Waals surface area contributed by atoms with E-state index in [1.807, 2.05) is 13.1 Å². The first kappa shape index (κ1) is 26.9. The molecule has 1 heterocycles. The van der Waals surface area contributed by atoms with E-state index in [0.29, 0.717) is 0 Å². The number of H-pyrrole nitrogens is 1. The lowest BCUT2D eigenvalue weighted by Crippen LogP contribution is -2.30. The molecule has 1 aromatic heterocycles. The van der Waals surface area contributed by atoms with E-state index in [2.05, 4.69) is 35.7 Å². The largest absolute Gasteiger partial charge is 0.385 e. The number of unbranched alkanes of at least 4 members (excludes halogenated alkanes) is 15. The van der Waals surface area contributed by atoms with Gasteiger partial charge in [-0.3, -0.25) is 0 Å². The van der Waals surface area contributed by atoms with Gasteiger partial charge in [0.05, 0.1) is 7.05 Å². The second-order valence-electron chi connectivity index (χ2n) is 9.19. The zero-order valence-electron chi connectivity index (χ0n) is 20.4. The third kappa shape index (κ3) is 14.0. The molecule has 3 heteroatoms. The van der Waals surface area contributed by atoms with Gasteiger partial charge in [-0.15, -0.1) is 0 Å². The molecule has 0 saturated heterocycles. The van der Waals surface area contributed by atoms with Crippen LogP contribution in [0.25, 0.3) is 0 Å². The minimum absolute atomic E-state index is 0.412. The van der Waals surface area contributed by atoms with Crippen LogP contribution in [-0.4, -0.2) is 10.1 Å². The highest BCUT2D eigenvalue weighted by atomic mass is 16.3. The molecule has 1 aromatic rings. The Labute approximate surface area is 187 Å². The first-order chi connectivity index (χ1) is 14.6. The van der Waals surface area contributed by atoms with Crippen LogP contribution in [0.5, 0.6) is 0 Å². The fourth-order valence-electron chi connectivity index (χ4n) is 4.10. The van der Waals surface area contributed by atoms with Crippen LogP contribution in [0.3, 0.4) is 0 Å². The molecule has 0 aromatic carbocycles. The van der Waals surface area contributed by atoms with Gasteiger partial charge in [0.15, 0.2) is 5.69 Å². The van der Waals surface area contributed by atoms with E-state index in [1.54, 1.807) is 0 Å². The Hall–Kier alpha value is -1.09. The first-order valence-electron chi connectivity index (χ1n) is 13.1. The van der Waals surface area contributed by atoms with Crippen molar-refractivity contribution in [3.05, 3.63) is 29.9 Å². The molecule has 30 heavy (non-hydrogen) atoms. The van der Waals surface area contributed by atoms with Crippen LogP contribution in [0, 0.1) is 0 Å². The molecular weight excluding hydrogens is 368 g/mol. The Morgan fingerprint density at radius 1 is 0.800 bits per heavy atom. The van der Waals surface area contributed by atoms with E-state index in [9.17, 15) is 5.11 Å². The second kappa shape index (κ2) is 18.7. The number of aliphatic hydroxyl groups excluding tert-OH is 1. The summed E-state index contributed by atoms with van der Waals surface area (Å²) in [6.45, 7) is 4.10. The Kier molecular flexibility index (Phi) is 16.8. The molecular formula is C27H51N2O+. The number of rotatable bonds is 20. The Bertz CT molecular complexity index is 533. The normalized spacial score (nSPS) is 12.8. The summed E-state index contributed by atoms with van der Waals surface area (Å²) in [5.74, 6) is 1.23. The zero-order valence-corrected chi connectivity index (χ0v) is 20.4. The smallest absolute Gasteiger partial charge is 0.254 e. The molecule has 1 atom stereocenters. The van der Waals surface area contributed by atoms with Crippen LogP contribution in [0.2, 0.25) is 0 Å². The molecule has 2 N–H and O–H groups in total. The van der Waals surface area contributed by atoms with E-state index in [0.717, 1.165) is 12.1 Å². The number of hydrogen-bond donors (Lipinski definition) is 2. The van der Waals surface area contributed by atoms with Gasteiger partial charge in [-0.1, -0.05) is 96.1 Å². The van der Waals surface area contributed by atoms with Crippen molar-refractivity contribution in [3.63, 3.8) is 0 Å². The number of allylic oxidation sites excluding steroid dienone is 2. The fraction of sp³-hybridized carbons (Fsp3) is 0.815. The Balaban J connectivity index is 1.83. The summed E-state index contributed by atoms with van der Waals surface area (Å²) in [5, 5.41) is 9.65. The predicted molar refractivity (Wildman–Crippen MR) is 130 cm³/mol. The first-order valence-corrected chi connectivity index (χ1v) is 13.1. The van der Waals surface area contributed by atoms with Crippen LogP contribution in [0.15, 0.2) is 18.3 Å². The SMILES string of the molecule is CCCCCCCCCCC=CCCCCCCCCCc1[nH]c(C(C)O)c[n+]1C. The summed E-state index contributed by atoms with van der Waals surface area (Å²) in [4.78, 5) is 3.35. The van der Waals surface area contributed by atoms with Crippen LogP contribution in [-0.2, 0) is 13.5 Å². The van der Waals surface area contributed by atoms with Crippen LogP contribution < -0.4 is 4.57 Å². The van der Waals surface area contributed by atoms with Crippen LogP contribution in [0.4, 0.5) is 0 Å². The number of nitrogens with zero attached hydrogens (tertiary/aromatic N) is 1. The maximum absolute atomic E-state index is 9.65. The van der Waals surface area contributed by atoms with E-state index in [1.165, 1.54) is 115 Å². The Morgan fingerprint density at radius 2 is 1.27 bits per heavy atom. The molecule has 1 rings (SSSR count). The number of nitrogens with one attached hydrogen (secondary N) is 1. The number of imidazole rings is 1.